The SMILES string of the molecule is O=C=NC1(c2ccc(O)cc2O)CCCC1. The first kappa shape index (κ1) is 10.7. The van der Waals surface area contributed by atoms with Gasteiger partial charge in [0.25, 0.3) is 0 Å². The summed E-state index contributed by atoms with van der Waals surface area (Å²) < 4.78 is 0. The minimum atomic E-state index is -0.639. The van der Waals surface area contributed by atoms with Gasteiger partial charge in [0, 0.05) is 11.6 Å². The van der Waals surface area contributed by atoms with Gasteiger partial charge in [-0.15, -0.1) is 0 Å². The molecule has 0 atom stereocenters. The van der Waals surface area contributed by atoms with E-state index >= 15 is 0 Å². The summed E-state index contributed by atoms with van der Waals surface area (Å²) in [4.78, 5) is 14.4. The molecule has 1 aromatic carbocycles. The lowest BCUT2D eigenvalue weighted by molar-refractivity contribution is 0.402. The highest BCUT2D eigenvalue weighted by molar-refractivity contribution is 5.46. The van der Waals surface area contributed by atoms with Crippen molar-refractivity contribution in [3.63, 3.8) is 0 Å². The molecule has 0 aromatic heterocycles. The fourth-order valence-corrected chi connectivity index (χ4v) is 2.40. The molecular weight excluding hydrogens is 206 g/mol. The number of nitrogens with zero attached hydrogens (tertiary/aromatic N) is 1. The molecule has 0 spiro atoms. The second-order valence-corrected chi connectivity index (χ2v) is 4.14. The van der Waals surface area contributed by atoms with Crippen LogP contribution in [-0.2, 0) is 10.3 Å². The number of carbonyl (C=O) groups excluding carboxylic acids is 1. The molecule has 1 aromatic rings. The van der Waals surface area contributed by atoms with Crippen molar-refractivity contribution in [2.75, 3.05) is 0 Å². The quantitative estimate of drug-likeness (QED) is 0.591. The van der Waals surface area contributed by atoms with Gasteiger partial charge in [-0.1, -0.05) is 12.8 Å². The van der Waals surface area contributed by atoms with Gasteiger partial charge in [0.15, 0.2) is 0 Å². The highest BCUT2D eigenvalue weighted by atomic mass is 16.3. The van der Waals surface area contributed by atoms with Gasteiger partial charge in [-0.2, -0.15) is 4.99 Å². The van der Waals surface area contributed by atoms with Crippen LogP contribution in [0.1, 0.15) is 31.2 Å². The second-order valence-electron chi connectivity index (χ2n) is 4.14. The molecule has 2 N–H and O–H groups in total. The van der Waals surface area contributed by atoms with E-state index in [4.69, 9.17) is 0 Å². The maximum atomic E-state index is 10.5. The van der Waals surface area contributed by atoms with Crippen molar-refractivity contribution in [1.82, 2.24) is 0 Å². The van der Waals surface area contributed by atoms with Crippen LogP contribution in [0.2, 0.25) is 0 Å². The predicted octanol–water partition coefficient (Wildman–Crippen LogP) is 2.20. The second kappa shape index (κ2) is 3.99. The van der Waals surface area contributed by atoms with Gasteiger partial charge < -0.3 is 10.2 Å². The molecule has 1 aliphatic rings. The van der Waals surface area contributed by atoms with E-state index in [0.29, 0.717) is 5.56 Å². The van der Waals surface area contributed by atoms with Gasteiger partial charge >= 0.3 is 0 Å². The molecule has 0 saturated heterocycles. The van der Waals surface area contributed by atoms with Crippen molar-refractivity contribution in [2.24, 2.45) is 4.99 Å². The number of aliphatic imine (C=N–C) groups is 1. The molecule has 1 fully saturated rings. The van der Waals surface area contributed by atoms with E-state index in [2.05, 4.69) is 4.99 Å². The van der Waals surface area contributed by atoms with Crippen LogP contribution in [0, 0.1) is 0 Å². The molecule has 16 heavy (non-hydrogen) atoms. The third-order valence-corrected chi connectivity index (χ3v) is 3.17. The Morgan fingerprint density at radius 1 is 1.25 bits per heavy atom. The molecule has 0 unspecified atom stereocenters. The molecule has 0 bridgehead atoms. The molecule has 4 nitrogen and oxygen atoms in total. The maximum Gasteiger partial charge on any atom is 0.235 e. The lowest BCUT2D eigenvalue weighted by Gasteiger charge is -2.23. The number of hydrogen-bond donors (Lipinski definition) is 2. The zero-order valence-corrected chi connectivity index (χ0v) is 8.81. The summed E-state index contributed by atoms with van der Waals surface area (Å²) >= 11 is 0. The number of aromatic hydroxyl groups is 2. The molecule has 1 saturated carbocycles. The number of hydrogen-bond acceptors (Lipinski definition) is 4. The first-order chi connectivity index (χ1) is 7.68. The van der Waals surface area contributed by atoms with Crippen molar-refractivity contribution in [1.29, 1.82) is 0 Å². The molecule has 84 valence electrons. The summed E-state index contributed by atoms with van der Waals surface area (Å²) in [6.45, 7) is 0. The topological polar surface area (TPSA) is 69.9 Å². The minimum Gasteiger partial charge on any atom is -0.508 e. The lowest BCUT2D eigenvalue weighted by Crippen LogP contribution is -2.18. The third-order valence-electron chi connectivity index (χ3n) is 3.17. The Labute approximate surface area is 93.3 Å². The van der Waals surface area contributed by atoms with E-state index in [-0.39, 0.29) is 11.5 Å². The van der Waals surface area contributed by atoms with Gasteiger partial charge in [0.05, 0.1) is 0 Å². The molecule has 2 rings (SSSR count). The Kier molecular flexibility index (Phi) is 2.67. The monoisotopic (exact) mass is 219 g/mol. The summed E-state index contributed by atoms with van der Waals surface area (Å²) in [5.74, 6) is -0.00891. The Morgan fingerprint density at radius 3 is 2.50 bits per heavy atom. The fraction of sp³-hybridized carbons (Fsp3) is 0.417. The summed E-state index contributed by atoms with van der Waals surface area (Å²) in [6.07, 6.45) is 5.02. The smallest absolute Gasteiger partial charge is 0.235 e. The molecule has 1 aliphatic carbocycles. The third kappa shape index (κ3) is 1.68. The standard InChI is InChI=1S/C12H13NO3/c14-8-13-12(5-1-2-6-12)10-4-3-9(15)7-11(10)16/h3-4,7,15-16H,1-2,5-6H2. The minimum absolute atomic E-state index is 0.00415. The molecule has 4 heteroatoms. The van der Waals surface area contributed by atoms with Gasteiger partial charge in [-0.3, -0.25) is 0 Å². The Hall–Kier alpha value is -1.80. The van der Waals surface area contributed by atoms with Gasteiger partial charge in [-0.05, 0) is 25.0 Å². The van der Waals surface area contributed by atoms with Crippen molar-refractivity contribution < 1.29 is 15.0 Å². The Morgan fingerprint density at radius 2 is 1.94 bits per heavy atom. The van der Waals surface area contributed by atoms with E-state index in [1.165, 1.54) is 12.1 Å². The number of rotatable bonds is 2. The number of phenolic OH excluding ortho intramolecular Hbond substituents is 2. The van der Waals surface area contributed by atoms with Crippen LogP contribution in [0.4, 0.5) is 0 Å². The highest BCUT2D eigenvalue weighted by Gasteiger charge is 2.37. The molecule has 0 radical (unpaired) electrons. The largest absolute Gasteiger partial charge is 0.508 e. The average Bonchev–Trinajstić information content (AvgIpc) is 2.67. The lowest BCUT2D eigenvalue weighted by atomic mass is 9.88. The number of phenols is 2. The summed E-state index contributed by atoms with van der Waals surface area (Å²) in [5.41, 5.74) is -0.0364. The van der Waals surface area contributed by atoms with Crippen LogP contribution in [0.15, 0.2) is 23.2 Å². The molecule has 0 amide bonds. The van der Waals surface area contributed by atoms with Gasteiger partial charge in [0.1, 0.15) is 17.0 Å². The molecule has 0 aliphatic heterocycles. The fourth-order valence-electron chi connectivity index (χ4n) is 2.40. The van der Waals surface area contributed by atoms with Crippen molar-refractivity contribution in [2.45, 2.75) is 31.2 Å². The first-order valence-electron chi connectivity index (χ1n) is 5.29. The van der Waals surface area contributed by atoms with Crippen molar-refractivity contribution in [3.05, 3.63) is 23.8 Å². The summed E-state index contributed by atoms with van der Waals surface area (Å²) in [5, 5.41) is 19.0. The maximum absolute atomic E-state index is 10.5. The molecular formula is C12H13NO3. The van der Waals surface area contributed by atoms with E-state index < -0.39 is 5.54 Å². The van der Waals surface area contributed by atoms with Crippen molar-refractivity contribution >= 4 is 6.08 Å². The Bertz CT molecular complexity index is 444. The highest BCUT2D eigenvalue weighted by Crippen LogP contribution is 2.45. The average molecular weight is 219 g/mol. The summed E-state index contributed by atoms with van der Waals surface area (Å²) in [7, 11) is 0. The molecule has 0 heterocycles. The zero-order chi connectivity index (χ0) is 11.6. The first-order valence-corrected chi connectivity index (χ1v) is 5.29. The number of benzene rings is 1. The van der Waals surface area contributed by atoms with Gasteiger partial charge in [-0.25, -0.2) is 4.79 Å². The van der Waals surface area contributed by atoms with E-state index in [9.17, 15) is 15.0 Å². The van der Waals surface area contributed by atoms with Crippen LogP contribution < -0.4 is 0 Å². The van der Waals surface area contributed by atoms with Crippen LogP contribution >= 0.6 is 0 Å². The van der Waals surface area contributed by atoms with E-state index in [1.54, 1.807) is 12.1 Å². The summed E-state index contributed by atoms with van der Waals surface area (Å²) in [6, 6.07) is 4.39. The zero-order valence-electron chi connectivity index (χ0n) is 8.81. The van der Waals surface area contributed by atoms with Gasteiger partial charge in [0.2, 0.25) is 6.08 Å². The van der Waals surface area contributed by atoms with Crippen LogP contribution in [0.3, 0.4) is 0 Å². The van der Waals surface area contributed by atoms with Crippen molar-refractivity contribution in [3.8, 4) is 11.5 Å². The van der Waals surface area contributed by atoms with E-state index in [1.807, 2.05) is 0 Å². The van der Waals surface area contributed by atoms with Crippen LogP contribution in [0.25, 0.3) is 0 Å². The van der Waals surface area contributed by atoms with E-state index in [0.717, 1.165) is 25.7 Å². The normalized spacial score (nSPS) is 18.0. The van der Waals surface area contributed by atoms with Crippen LogP contribution in [-0.4, -0.2) is 16.3 Å². The predicted molar refractivity (Wildman–Crippen MR) is 58.0 cm³/mol. The number of isocyanates is 1. The van der Waals surface area contributed by atoms with Crippen LogP contribution in [0.5, 0.6) is 11.5 Å². The Balaban J connectivity index is 2.51.